The van der Waals surface area contributed by atoms with Crippen LogP contribution in [0.2, 0.25) is 0 Å². The molecule has 5 heteroatoms. The van der Waals surface area contributed by atoms with Gasteiger partial charge in [0.15, 0.2) is 0 Å². The summed E-state index contributed by atoms with van der Waals surface area (Å²) in [7, 11) is 0. The number of hydrogen-bond acceptors (Lipinski definition) is 5. The lowest BCUT2D eigenvalue weighted by molar-refractivity contribution is -0.220. The minimum atomic E-state index is -1.27. The molecule has 1 aliphatic rings. The first-order valence-corrected chi connectivity index (χ1v) is 4.75. The molecule has 0 bridgehead atoms. The maximum absolute atomic E-state index is 9.50. The molecule has 5 unspecified atom stereocenters. The number of ether oxygens (including phenoxy) is 1. The molecule has 1 fully saturated rings. The first-order valence-electron chi connectivity index (χ1n) is 4.75. The maximum Gasteiger partial charge on any atom is 0.111 e. The van der Waals surface area contributed by atoms with Gasteiger partial charge in [0.25, 0.3) is 0 Å². The van der Waals surface area contributed by atoms with Crippen molar-refractivity contribution in [2.24, 2.45) is 0 Å². The largest absolute Gasteiger partial charge is 0.394 e. The predicted octanol–water partition coefficient (Wildman–Crippen LogP) is -1.56. The van der Waals surface area contributed by atoms with Crippen LogP contribution in [0.5, 0.6) is 0 Å². The molecule has 14 heavy (non-hydrogen) atoms. The van der Waals surface area contributed by atoms with E-state index in [0.29, 0.717) is 6.42 Å². The standard InChI is InChI=1S/C9H17O5/c1-2-3-5-7(11)9(13)8(12)6(4-10)14-5/h3,5-13H,2,4H2,1H3. The molecule has 0 spiro atoms. The number of aliphatic hydroxyl groups is 4. The molecule has 0 amide bonds. The van der Waals surface area contributed by atoms with Crippen molar-refractivity contribution in [1.82, 2.24) is 0 Å². The van der Waals surface area contributed by atoms with Crippen LogP contribution in [0, 0.1) is 6.42 Å². The second-order valence-electron chi connectivity index (χ2n) is 3.44. The van der Waals surface area contributed by atoms with Gasteiger partial charge in [-0.3, -0.25) is 0 Å². The lowest BCUT2D eigenvalue weighted by atomic mass is 9.93. The Kier molecular flexibility index (Phi) is 4.28. The first-order chi connectivity index (χ1) is 6.61. The van der Waals surface area contributed by atoms with E-state index in [1.165, 1.54) is 0 Å². The topological polar surface area (TPSA) is 90.2 Å². The van der Waals surface area contributed by atoms with Gasteiger partial charge in [-0.1, -0.05) is 13.3 Å². The molecule has 1 saturated heterocycles. The number of hydrogen-bond donors (Lipinski definition) is 4. The highest BCUT2D eigenvalue weighted by Crippen LogP contribution is 2.23. The van der Waals surface area contributed by atoms with Crippen LogP contribution in [0.15, 0.2) is 0 Å². The van der Waals surface area contributed by atoms with Crippen LogP contribution < -0.4 is 0 Å². The molecule has 83 valence electrons. The zero-order chi connectivity index (χ0) is 10.7. The molecule has 5 nitrogen and oxygen atoms in total. The minimum Gasteiger partial charge on any atom is -0.394 e. The molecule has 0 saturated carbocycles. The third kappa shape index (κ3) is 2.24. The average molecular weight is 205 g/mol. The third-order valence-electron chi connectivity index (χ3n) is 2.40. The quantitative estimate of drug-likeness (QED) is 0.447. The average Bonchev–Trinajstić information content (AvgIpc) is 2.19. The van der Waals surface area contributed by atoms with E-state index in [1.54, 1.807) is 6.42 Å². The second-order valence-corrected chi connectivity index (χ2v) is 3.44. The van der Waals surface area contributed by atoms with Crippen molar-refractivity contribution in [3.63, 3.8) is 0 Å². The van der Waals surface area contributed by atoms with Gasteiger partial charge in [-0.25, -0.2) is 0 Å². The van der Waals surface area contributed by atoms with E-state index in [0.717, 1.165) is 0 Å². The lowest BCUT2D eigenvalue weighted by Crippen LogP contribution is -2.58. The molecule has 1 radical (unpaired) electrons. The summed E-state index contributed by atoms with van der Waals surface area (Å²) in [5.74, 6) is 0. The van der Waals surface area contributed by atoms with Gasteiger partial charge in [-0.05, 0) is 6.42 Å². The Labute approximate surface area is 82.9 Å². The van der Waals surface area contributed by atoms with E-state index < -0.39 is 30.5 Å². The van der Waals surface area contributed by atoms with Gasteiger partial charge in [0.1, 0.15) is 24.4 Å². The molecule has 0 aromatic carbocycles. The van der Waals surface area contributed by atoms with Crippen molar-refractivity contribution in [2.45, 2.75) is 43.9 Å². The highest BCUT2D eigenvalue weighted by atomic mass is 16.5. The van der Waals surface area contributed by atoms with Crippen LogP contribution in [-0.2, 0) is 4.74 Å². The Morgan fingerprint density at radius 2 is 1.79 bits per heavy atom. The monoisotopic (exact) mass is 205 g/mol. The van der Waals surface area contributed by atoms with Crippen molar-refractivity contribution in [1.29, 1.82) is 0 Å². The van der Waals surface area contributed by atoms with Crippen LogP contribution in [0.3, 0.4) is 0 Å². The fraction of sp³-hybridized carbons (Fsp3) is 0.889. The fourth-order valence-electron chi connectivity index (χ4n) is 1.56. The SMILES string of the molecule is CC[CH]C1OC(CO)C(O)C(O)C1O. The Morgan fingerprint density at radius 3 is 2.29 bits per heavy atom. The Morgan fingerprint density at radius 1 is 1.14 bits per heavy atom. The van der Waals surface area contributed by atoms with Crippen molar-refractivity contribution < 1.29 is 25.2 Å². The zero-order valence-corrected chi connectivity index (χ0v) is 8.08. The summed E-state index contributed by atoms with van der Waals surface area (Å²) in [6.45, 7) is 1.50. The molecule has 0 aromatic rings. The van der Waals surface area contributed by atoms with E-state index >= 15 is 0 Å². The van der Waals surface area contributed by atoms with E-state index in [1.807, 2.05) is 6.92 Å². The normalized spacial score (nSPS) is 43.9. The molecular formula is C9H17O5. The summed E-state index contributed by atoms with van der Waals surface area (Å²) in [6, 6.07) is 0. The zero-order valence-electron chi connectivity index (χ0n) is 8.08. The predicted molar refractivity (Wildman–Crippen MR) is 48.4 cm³/mol. The molecule has 1 aliphatic heterocycles. The highest BCUT2D eigenvalue weighted by Gasteiger charge is 2.42. The summed E-state index contributed by atoms with van der Waals surface area (Å²) in [4.78, 5) is 0. The summed E-state index contributed by atoms with van der Waals surface area (Å²) < 4.78 is 5.21. The summed E-state index contributed by atoms with van der Waals surface area (Å²) >= 11 is 0. The molecular weight excluding hydrogens is 188 g/mol. The van der Waals surface area contributed by atoms with Gasteiger partial charge in [0, 0.05) is 0 Å². The van der Waals surface area contributed by atoms with E-state index in [-0.39, 0.29) is 6.61 Å². The molecule has 4 N–H and O–H groups in total. The van der Waals surface area contributed by atoms with Crippen LogP contribution in [0.1, 0.15) is 13.3 Å². The fourth-order valence-corrected chi connectivity index (χ4v) is 1.56. The van der Waals surface area contributed by atoms with Crippen molar-refractivity contribution in [3.05, 3.63) is 6.42 Å². The second kappa shape index (κ2) is 5.04. The molecule has 0 aromatic heterocycles. The van der Waals surface area contributed by atoms with Crippen molar-refractivity contribution in [3.8, 4) is 0 Å². The summed E-state index contributed by atoms with van der Waals surface area (Å²) in [6.07, 6.45) is -2.72. The van der Waals surface area contributed by atoms with Gasteiger partial charge in [0.2, 0.25) is 0 Å². The number of rotatable bonds is 3. The van der Waals surface area contributed by atoms with Crippen molar-refractivity contribution in [2.75, 3.05) is 6.61 Å². The minimum absolute atomic E-state index is 0.376. The highest BCUT2D eigenvalue weighted by molar-refractivity contribution is 4.96. The third-order valence-corrected chi connectivity index (χ3v) is 2.40. The molecule has 0 aliphatic carbocycles. The smallest absolute Gasteiger partial charge is 0.111 e. The van der Waals surface area contributed by atoms with Crippen LogP contribution in [0.4, 0.5) is 0 Å². The first kappa shape index (κ1) is 11.9. The Balaban J connectivity index is 2.63. The summed E-state index contributed by atoms with van der Waals surface area (Å²) in [5, 5.41) is 37.2. The van der Waals surface area contributed by atoms with E-state index in [4.69, 9.17) is 9.84 Å². The van der Waals surface area contributed by atoms with Gasteiger partial charge in [-0.15, -0.1) is 0 Å². The maximum atomic E-state index is 9.50. The Bertz CT molecular complexity index is 171. The van der Waals surface area contributed by atoms with Crippen LogP contribution in [0.25, 0.3) is 0 Å². The Hall–Kier alpha value is -0.200. The summed E-state index contributed by atoms with van der Waals surface area (Å²) in [5.41, 5.74) is 0. The molecule has 1 heterocycles. The van der Waals surface area contributed by atoms with E-state index in [9.17, 15) is 15.3 Å². The lowest BCUT2D eigenvalue weighted by Gasteiger charge is -2.39. The molecule has 5 atom stereocenters. The van der Waals surface area contributed by atoms with Gasteiger partial charge in [0.05, 0.1) is 12.7 Å². The van der Waals surface area contributed by atoms with E-state index in [2.05, 4.69) is 0 Å². The van der Waals surface area contributed by atoms with Gasteiger partial charge in [-0.2, -0.15) is 0 Å². The van der Waals surface area contributed by atoms with Crippen molar-refractivity contribution >= 4 is 0 Å². The number of aliphatic hydroxyl groups excluding tert-OH is 4. The van der Waals surface area contributed by atoms with Gasteiger partial charge >= 0.3 is 0 Å². The van der Waals surface area contributed by atoms with Crippen LogP contribution >= 0.6 is 0 Å². The van der Waals surface area contributed by atoms with Crippen LogP contribution in [-0.4, -0.2) is 57.6 Å². The van der Waals surface area contributed by atoms with Gasteiger partial charge < -0.3 is 25.2 Å². The molecule has 1 rings (SSSR count).